The van der Waals surface area contributed by atoms with E-state index in [9.17, 15) is 8.42 Å². The molecule has 6 heteroatoms. The smallest absolute Gasteiger partial charge is 0.232 e. The summed E-state index contributed by atoms with van der Waals surface area (Å²) in [4.78, 5) is 7.44. The number of hydrogen-bond donors (Lipinski definition) is 2. The summed E-state index contributed by atoms with van der Waals surface area (Å²) in [6.07, 6.45) is 4.24. The Morgan fingerprint density at radius 3 is 2.62 bits per heavy atom. The number of aromatic nitrogens is 2. The van der Waals surface area contributed by atoms with E-state index < -0.39 is 10.0 Å². The lowest BCUT2D eigenvalue weighted by Crippen LogP contribution is -2.17. The van der Waals surface area contributed by atoms with Crippen LogP contribution in [0.25, 0.3) is 22.2 Å². The van der Waals surface area contributed by atoms with E-state index in [0.29, 0.717) is 12.1 Å². The fraction of sp³-hybridized carbons (Fsp3) is 0.278. The van der Waals surface area contributed by atoms with E-state index in [0.717, 1.165) is 33.3 Å². The number of benzene rings is 1. The Morgan fingerprint density at radius 2 is 1.88 bits per heavy atom. The molecule has 0 unspecified atom stereocenters. The standard InChI is InChI=1S/C18H21N3O2S/c1-4-11-24(22,23)21-17-6-5-14(12(2)13(17)3)15-7-9-19-18-16(15)8-10-20-18/h5-10,21H,4,11H2,1-3H3,(H,19,20). The van der Waals surface area contributed by atoms with Gasteiger partial charge in [-0.05, 0) is 60.7 Å². The van der Waals surface area contributed by atoms with Crippen molar-refractivity contribution < 1.29 is 8.42 Å². The van der Waals surface area contributed by atoms with Crippen molar-refractivity contribution in [3.8, 4) is 11.1 Å². The van der Waals surface area contributed by atoms with Gasteiger partial charge in [0.2, 0.25) is 10.0 Å². The van der Waals surface area contributed by atoms with Gasteiger partial charge in [-0.3, -0.25) is 4.72 Å². The number of rotatable bonds is 5. The van der Waals surface area contributed by atoms with Crippen molar-refractivity contribution in [2.45, 2.75) is 27.2 Å². The molecule has 2 heterocycles. The number of hydrogen-bond acceptors (Lipinski definition) is 3. The molecule has 0 radical (unpaired) electrons. The highest BCUT2D eigenvalue weighted by atomic mass is 32.2. The van der Waals surface area contributed by atoms with Crippen molar-refractivity contribution in [3.63, 3.8) is 0 Å². The second-order valence-corrected chi connectivity index (χ2v) is 7.77. The molecule has 24 heavy (non-hydrogen) atoms. The molecule has 0 aliphatic carbocycles. The van der Waals surface area contributed by atoms with E-state index in [1.54, 1.807) is 6.20 Å². The molecule has 1 aromatic carbocycles. The van der Waals surface area contributed by atoms with Crippen molar-refractivity contribution in [1.29, 1.82) is 0 Å². The van der Waals surface area contributed by atoms with Crippen LogP contribution in [0, 0.1) is 13.8 Å². The van der Waals surface area contributed by atoms with Gasteiger partial charge in [-0.15, -0.1) is 0 Å². The predicted molar refractivity (Wildman–Crippen MR) is 98.7 cm³/mol. The van der Waals surface area contributed by atoms with E-state index in [-0.39, 0.29) is 5.75 Å². The van der Waals surface area contributed by atoms with Gasteiger partial charge < -0.3 is 4.98 Å². The summed E-state index contributed by atoms with van der Waals surface area (Å²) in [6.45, 7) is 5.81. The molecule has 0 saturated heterocycles. The molecule has 2 aromatic heterocycles. The molecule has 0 saturated carbocycles. The number of nitrogens with zero attached hydrogens (tertiary/aromatic N) is 1. The Kier molecular flexibility index (Phi) is 4.32. The van der Waals surface area contributed by atoms with Crippen molar-refractivity contribution in [2.24, 2.45) is 0 Å². The number of fused-ring (bicyclic) bond motifs is 1. The van der Waals surface area contributed by atoms with E-state index in [4.69, 9.17) is 0 Å². The molecule has 5 nitrogen and oxygen atoms in total. The van der Waals surface area contributed by atoms with Gasteiger partial charge in [0.05, 0.1) is 11.4 Å². The van der Waals surface area contributed by atoms with Crippen LogP contribution in [0.2, 0.25) is 0 Å². The number of aromatic amines is 1. The van der Waals surface area contributed by atoms with Crippen molar-refractivity contribution in [2.75, 3.05) is 10.5 Å². The Morgan fingerprint density at radius 1 is 1.08 bits per heavy atom. The fourth-order valence-electron chi connectivity index (χ4n) is 2.91. The normalized spacial score (nSPS) is 11.8. The maximum Gasteiger partial charge on any atom is 0.232 e. The minimum Gasteiger partial charge on any atom is -0.346 e. The van der Waals surface area contributed by atoms with Gasteiger partial charge in [-0.2, -0.15) is 0 Å². The van der Waals surface area contributed by atoms with Crippen LogP contribution in [0.15, 0.2) is 36.7 Å². The lowest BCUT2D eigenvalue weighted by atomic mass is 9.95. The average Bonchev–Trinajstić information content (AvgIpc) is 3.00. The van der Waals surface area contributed by atoms with Crippen molar-refractivity contribution >= 4 is 26.7 Å². The molecular formula is C18H21N3O2S. The summed E-state index contributed by atoms with van der Waals surface area (Å²) in [7, 11) is -3.29. The van der Waals surface area contributed by atoms with Crippen LogP contribution in [-0.2, 0) is 10.0 Å². The summed E-state index contributed by atoms with van der Waals surface area (Å²) >= 11 is 0. The second-order valence-electron chi connectivity index (χ2n) is 5.93. The molecular weight excluding hydrogens is 322 g/mol. The number of H-pyrrole nitrogens is 1. The number of sulfonamides is 1. The van der Waals surface area contributed by atoms with E-state index >= 15 is 0 Å². The molecule has 0 bridgehead atoms. The van der Waals surface area contributed by atoms with Crippen LogP contribution in [0.3, 0.4) is 0 Å². The fourth-order valence-corrected chi connectivity index (χ4v) is 4.10. The minimum atomic E-state index is -3.29. The Bertz CT molecular complexity index is 991. The maximum atomic E-state index is 12.0. The summed E-state index contributed by atoms with van der Waals surface area (Å²) in [6, 6.07) is 7.79. The zero-order chi connectivity index (χ0) is 17.3. The predicted octanol–water partition coefficient (Wildman–Crippen LogP) is 4.00. The maximum absolute atomic E-state index is 12.0. The number of nitrogens with one attached hydrogen (secondary N) is 2. The van der Waals surface area contributed by atoms with E-state index in [2.05, 4.69) is 14.7 Å². The molecule has 3 rings (SSSR count). The lowest BCUT2D eigenvalue weighted by Gasteiger charge is -2.16. The first-order valence-corrected chi connectivity index (χ1v) is 9.61. The first-order chi connectivity index (χ1) is 11.4. The van der Waals surface area contributed by atoms with E-state index in [1.165, 1.54) is 0 Å². The molecule has 126 valence electrons. The first kappa shape index (κ1) is 16.5. The molecule has 0 aliphatic rings. The molecule has 0 atom stereocenters. The summed E-state index contributed by atoms with van der Waals surface area (Å²) in [5.74, 6) is 0.127. The Balaban J connectivity index is 2.07. The molecule has 3 aromatic rings. The largest absolute Gasteiger partial charge is 0.346 e. The molecule has 0 aliphatic heterocycles. The molecule has 0 amide bonds. The zero-order valence-electron chi connectivity index (χ0n) is 14.1. The highest BCUT2D eigenvalue weighted by molar-refractivity contribution is 7.92. The van der Waals surface area contributed by atoms with Crippen LogP contribution in [0.1, 0.15) is 24.5 Å². The Labute approximate surface area is 142 Å². The summed E-state index contributed by atoms with van der Waals surface area (Å²) in [5.41, 5.74) is 5.65. The van der Waals surface area contributed by atoms with Gasteiger partial charge in [0.1, 0.15) is 5.65 Å². The van der Waals surface area contributed by atoms with Crippen molar-refractivity contribution in [3.05, 3.63) is 47.8 Å². The third-order valence-corrected chi connectivity index (χ3v) is 5.75. The first-order valence-electron chi connectivity index (χ1n) is 7.96. The van der Waals surface area contributed by atoms with Crippen LogP contribution in [0.5, 0.6) is 0 Å². The third-order valence-electron chi connectivity index (χ3n) is 4.28. The zero-order valence-corrected chi connectivity index (χ0v) is 14.9. The quantitative estimate of drug-likeness (QED) is 0.735. The lowest BCUT2D eigenvalue weighted by molar-refractivity contribution is 0.600. The van der Waals surface area contributed by atoms with Crippen LogP contribution in [0.4, 0.5) is 5.69 Å². The van der Waals surface area contributed by atoms with Gasteiger partial charge in [0.25, 0.3) is 0 Å². The third kappa shape index (κ3) is 3.01. The summed E-state index contributed by atoms with van der Waals surface area (Å²) in [5, 5.41) is 1.05. The van der Waals surface area contributed by atoms with Gasteiger partial charge in [-0.1, -0.05) is 13.0 Å². The minimum absolute atomic E-state index is 0.127. The van der Waals surface area contributed by atoms with Gasteiger partial charge in [0, 0.05) is 17.8 Å². The monoisotopic (exact) mass is 343 g/mol. The highest BCUT2D eigenvalue weighted by Gasteiger charge is 2.15. The summed E-state index contributed by atoms with van der Waals surface area (Å²) < 4.78 is 26.8. The number of pyridine rings is 1. The molecule has 0 fully saturated rings. The second kappa shape index (κ2) is 6.28. The SMILES string of the molecule is CCCS(=O)(=O)Nc1ccc(-c2ccnc3[nH]ccc23)c(C)c1C. The van der Waals surface area contributed by atoms with Crippen LogP contribution >= 0.6 is 0 Å². The topological polar surface area (TPSA) is 74.8 Å². The molecule has 2 N–H and O–H groups in total. The highest BCUT2D eigenvalue weighted by Crippen LogP contribution is 2.33. The van der Waals surface area contributed by atoms with Gasteiger partial charge in [0.15, 0.2) is 0 Å². The van der Waals surface area contributed by atoms with Gasteiger partial charge >= 0.3 is 0 Å². The van der Waals surface area contributed by atoms with Crippen LogP contribution < -0.4 is 4.72 Å². The average molecular weight is 343 g/mol. The Hall–Kier alpha value is -2.34. The van der Waals surface area contributed by atoms with Gasteiger partial charge in [-0.25, -0.2) is 13.4 Å². The van der Waals surface area contributed by atoms with Crippen molar-refractivity contribution in [1.82, 2.24) is 9.97 Å². The number of anilines is 1. The molecule has 0 spiro atoms. The van der Waals surface area contributed by atoms with Crippen LogP contribution in [-0.4, -0.2) is 24.1 Å². The van der Waals surface area contributed by atoms with E-state index in [1.807, 2.05) is 51.2 Å².